The molecule has 7 heteroatoms. The van der Waals surface area contributed by atoms with Crippen molar-refractivity contribution in [1.29, 1.82) is 0 Å². The van der Waals surface area contributed by atoms with E-state index in [1.54, 1.807) is 6.92 Å². The number of para-hydroxylation sites is 1. The summed E-state index contributed by atoms with van der Waals surface area (Å²) in [5, 5.41) is 10.6. The first kappa shape index (κ1) is 18.4. The lowest BCUT2D eigenvalue weighted by Gasteiger charge is -2.26. The highest BCUT2D eigenvalue weighted by Crippen LogP contribution is 2.30. The van der Waals surface area contributed by atoms with E-state index in [0.29, 0.717) is 24.7 Å². The average Bonchev–Trinajstić information content (AvgIpc) is 3.16. The molecule has 140 valence electrons. The normalized spacial score (nSPS) is 15.0. The van der Waals surface area contributed by atoms with E-state index < -0.39 is 5.97 Å². The molecule has 1 fully saturated rings. The average molecular weight is 358 g/mol. The topological polar surface area (TPSA) is 80.3 Å². The fourth-order valence-corrected chi connectivity index (χ4v) is 3.20. The smallest absolute Gasteiger partial charge is 0.361 e. The molecular weight excluding hydrogens is 332 g/mol. The molecule has 0 spiro atoms. The number of hydrogen-bond acceptors (Lipinski definition) is 6. The fourth-order valence-electron chi connectivity index (χ4n) is 3.20. The number of hydrogen-bond donors (Lipinski definition) is 1. The van der Waals surface area contributed by atoms with Crippen LogP contribution in [0.2, 0.25) is 0 Å². The molecule has 0 saturated carbocycles. The summed E-state index contributed by atoms with van der Waals surface area (Å²) >= 11 is 0. The lowest BCUT2D eigenvalue weighted by molar-refractivity contribution is 0.0520. The maximum atomic E-state index is 12.1. The molecule has 3 rings (SSSR count). The Kier molecular flexibility index (Phi) is 6.60. The summed E-state index contributed by atoms with van der Waals surface area (Å²) in [6.07, 6.45) is 4.91. The number of piperidine rings is 1. The van der Waals surface area contributed by atoms with Gasteiger partial charge in [0.15, 0.2) is 5.69 Å². The number of aromatic nitrogens is 3. The summed E-state index contributed by atoms with van der Waals surface area (Å²) in [5.74, 6) is 0.210. The van der Waals surface area contributed by atoms with Crippen LogP contribution in [0, 0.1) is 0 Å². The zero-order valence-corrected chi connectivity index (χ0v) is 15.2. The molecule has 0 amide bonds. The summed E-state index contributed by atoms with van der Waals surface area (Å²) < 4.78 is 11.0. The number of ether oxygens (including phenoxy) is 2. The van der Waals surface area contributed by atoms with Gasteiger partial charge in [0.2, 0.25) is 0 Å². The molecule has 1 saturated heterocycles. The van der Waals surface area contributed by atoms with Crippen LogP contribution in [0.5, 0.6) is 5.75 Å². The van der Waals surface area contributed by atoms with Crippen molar-refractivity contribution >= 4 is 5.97 Å². The van der Waals surface area contributed by atoms with Gasteiger partial charge in [-0.25, -0.2) is 4.79 Å². The first-order valence-corrected chi connectivity index (χ1v) is 9.32. The molecule has 1 aromatic carbocycles. The lowest BCUT2D eigenvalue weighted by atomic mass is 10.1. The number of H-pyrrole nitrogens is 1. The van der Waals surface area contributed by atoms with Gasteiger partial charge in [-0.15, -0.1) is 5.10 Å². The van der Waals surface area contributed by atoms with Crippen LogP contribution in [0.3, 0.4) is 0 Å². The molecule has 1 N–H and O–H groups in total. The first-order valence-electron chi connectivity index (χ1n) is 9.32. The van der Waals surface area contributed by atoms with Crippen LogP contribution < -0.4 is 4.74 Å². The van der Waals surface area contributed by atoms with Crippen LogP contribution in [-0.2, 0) is 4.74 Å². The number of esters is 1. The Bertz CT molecular complexity index is 710. The largest absolute Gasteiger partial charge is 0.493 e. The van der Waals surface area contributed by atoms with Gasteiger partial charge in [0.1, 0.15) is 11.4 Å². The van der Waals surface area contributed by atoms with E-state index in [4.69, 9.17) is 9.47 Å². The van der Waals surface area contributed by atoms with Gasteiger partial charge in [0.25, 0.3) is 0 Å². The van der Waals surface area contributed by atoms with Gasteiger partial charge in [-0.3, -0.25) is 0 Å². The molecule has 1 aromatic heterocycles. The highest BCUT2D eigenvalue weighted by molar-refractivity contribution is 5.94. The number of benzene rings is 1. The van der Waals surface area contributed by atoms with E-state index in [1.807, 2.05) is 24.3 Å². The lowest BCUT2D eigenvalue weighted by Crippen LogP contribution is -2.31. The number of rotatable bonds is 8. The third kappa shape index (κ3) is 4.60. The van der Waals surface area contributed by atoms with E-state index >= 15 is 0 Å². The quantitative estimate of drug-likeness (QED) is 0.577. The standard InChI is InChI=1S/C19H26N4O3/c1-2-25-19(24)18-17(20-22-21-18)15-9-4-5-10-16(15)26-14-8-13-23-11-6-3-7-12-23/h4-5,9-10H,2-3,6-8,11-14H2,1H3,(H,20,21,22). The summed E-state index contributed by atoms with van der Waals surface area (Å²) in [6.45, 7) is 6.12. The van der Waals surface area contributed by atoms with E-state index in [2.05, 4.69) is 20.3 Å². The van der Waals surface area contributed by atoms with Gasteiger partial charge in [-0.05, 0) is 51.4 Å². The molecule has 1 aliphatic heterocycles. The Morgan fingerprint density at radius 3 is 2.81 bits per heavy atom. The highest BCUT2D eigenvalue weighted by Gasteiger charge is 2.21. The molecule has 0 radical (unpaired) electrons. The fraction of sp³-hybridized carbons (Fsp3) is 0.526. The van der Waals surface area contributed by atoms with Crippen LogP contribution in [0.4, 0.5) is 0 Å². The number of aromatic amines is 1. The predicted molar refractivity (Wildman–Crippen MR) is 98.2 cm³/mol. The minimum Gasteiger partial charge on any atom is -0.493 e. The third-order valence-corrected chi connectivity index (χ3v) is 4.48. The van der Waals surface area contributed by atoms with Crippen molar-refractivity contribution < 1.29 is 14.3 Å². The number of nitrogens with one attached hydrogen (secondary N) is 1. The van der Waals surface area contributed by atoms with Gasteiger partial charge in [0, 0.05) is 12.1 Å². The number of carbonyl (C=O) groups excluding carboxylic acids is 1. The molecule has 2 heterocycles. The predicted octanol–water partition coefficient (Wildman–Crippen LogP) is 2.90. The van der Waals surface area contributed by atoms with E-state index in [9.17, 15) is 4.79 Å². The maximum absolute atomic E-state index is 12.1. The maximum Gasteiger partial charge on any atom is 0.361 e. The molecule has 26 heavy (non-hydrogen) atoms. The summed E-state index contributed by atoms with van der Waals surface area (Å²) in [4.78, 5) is 14.6. The third-order valence-electron chi connectivity index (χ3n) is 4.48. The van der Waals surface area contributed by atoms with E-state index in [0.717, 1.165) is 18.5 Å². The molecule has 1 aliphatic rings. The Balaban J connectivity index is 1.63. The minimum atomic E-state index is -0.490. The van der Waals surface area contributed by atoms with Gasteiger partial charge in [-0.1, -0.05) is 18.6 Å². The van der Waals surface area contributed by atoms with Crippen molar-refractivity contribution in [2.45, 2.75) is 32.6 Å². The summed E-state index contributed by atoms with van der Waals surface area (Å²) in [6, 6.07) is 7.56. The second kappa shape index (κ2) is 9.33. The Morgan fingerprint density at radius 2 is 2.00 bits per heavy atom. The van der Waals surface area contributed by atoms with Crippen LogP contribution in [0.15, 0.2) is 24.3 Å². The molecule has 0 atom stereocenters. The monoisotopic (exact) mass is 358 g/mol. The number of nitrogens with zero attached hydrogens (tertiary/aromatic N) is 3. The van der Waals surface area contributed by atoms with Crippen LogP contribution in [0.1, 0.15) is 43.1 Å². The van der Waals surface area contributed by atoms with Crippen molar-refractivity contribution in [1.82, 2.24) is 20.3 Å². The van der Waals surface area contributed by atoms with Crippen molar-refractivity contribution in [3.8, 4) is 17.0 Å². The summed E-state index contributed by atoms with van der Waals surface area (Å²) in [7, 11) is 0. The van der Waals surface area contributed by atoms with E-state index in [-0.39, 0.29) is 5.69 Å². The van der Waals surface area contributed by atoms with Crippen molar-refractivity contribution in [3.63, 3.8) is 0 Å². The Labute approximate surface area is 153 Å². The highest BCUT2D eigenvalue weighted by atomic mass is 16.5. The Morgan fingerprint density at radius 1 is 1.19 bits per heavy atom. The molecule has 0 unspecified atom stereocenters. The SMILES string of the molecule is CCOC(=O)c1n[nH]nc1-c1ccccc1OCCCN1CCCCC1. The van der Waals surface area contributed by atoms with E-state index in [1.165, 1.54) is 32.4 Å². The zero-order chi connectivity index (χ0) is 18.2. The van der Waals surface area contributed by atoms with Crippen molar-refractivity contribution in [2.75, 3.05) is 32.8 Å². The molecule has 0 bridgehead atoms. The molecular formula is C19H26N4O3. The minimum absolute atomic E-state index is 0.177. The van der Waals surface area contributed by atoms with Gasteiger partial charge >= 0.3 is 5.97 Å². The van der Waals surface area contributed by atoms with Crippen LogP contribution in [0.25, 0.3) is 11.3 Å². The molecule has 7 nitrogen and oxygen atoms in total. The van der Waals surface area contributed by atoms with Crippen LogP contribution >= 0.6 is 0 Å². The Hall–Kier alpha value is -2.41. The molecule has 0 aliphatic carbocycles. The van der Waals surface area contributed by atoms with Crippen molar-refractivity contribution in [2.24, 2.45) is 0 Å². The second-order valence-electron chi connectivity index (χ2n) is 6.34. The van der Waals surface area contributed by atoms with Crippen LogP contribution in [-0.4, -0.2) is 59.1 Å². The van der Waals surface area contributed by atoms with Gasteiger partial charge in [-0.2, -0.15) is 10.3 Å². The summed E-state index contributed by atoms with van der Waals surface area (Å²) in [5.41, 5.74) is 1.37. The van der Waals surface area contributed by atoms with Gasteiger partial charge in [0.05, 0.1) is 13.2 Å². The second-order valence-corrected chi connectivity index (χ2v) is 6.34. The molecule has 2 aromatic rings. The number of carbonyl (C=O) groups is 1. The van der Waals surface area contributed by atoms with Crippen molar-refractivity contribution in [3.05, 3.63) is 30.0 Å². The zero-order valence-electron chi connectivity index (χ0n) is 15.2. The number of likely N-dealkylation sites (tertiary alicyclic amines) is 1. The van der Waals surface area contributed by atoms with Gasteiger partial charge < -0.3 is 14.4 Å². The first-order chi connectivity index (χ1) is 12.8.